The monoisotopic (exact) mass is 286 g/mol. The molecule has 1 aromatic rings. The van der Waals surface area contributed by atoms with E-state index < -0.39 is 0 Å². The zero-order valence-electron chi connectivity index (χ0n) is 13.3. The van der Waals surface area contributed by atoms with Crippen molar-refractivity contribution in [3.8, 4) is 0 Å². The van der Waals surface area contributed by atoms with Gasteiger partial charge in [0.1, 0.15) is 6.04 Å². The Kier molecular flexibility index (Phi) is 3.78. The molecule has 1 saturated heterocycles. The Hall–Kier alpha value is -1.35. The number of nitrogens with zero attached hydrogens (tertiary/aromatic N) is 1. The highest BCUT2D eigenvalue weighted by Crippen LogP contribution is 2.39. The Morgan fingerprint density at radius 2 is 1.76 bits per heavy atom. The third kappa shape index (κ3) is 2.84. The second-order valence-corrected chi connectivity index (χ2v) is 7.33. The maximum absolute atomic E-state index is 12.8. The minimum absolute atomic E-state index is 0.133. The molecule has 1 aromatic carbocycles. The molecule has 2 unspecified atom stereocenters. The van der Waals surface area contributed by atoms with Crippen LogP contribution in [0.15, 0.2) is 30.3 Å². The molecule has 1 saturated carbocycles. The number of hydrogen-bond acceptors (Lipinski definition) is 2. The fourth-order valence-corrected chi connectivity index (χ4v) is 3.78. The second-order valence-electron chi connectivity index (χ2n) is 7.33. The van der Waals surface area contributed by atoms with Gasteiger partial charge in [-0.1, -0.05) is 44.2 Å². The van der Waals surface area contributed by atoms with Gasteiger partial charge in [0, 0.05) is 6.04 Å². The van der Waals surface area contributed by atoms with Gasteiger partial charge in [0.2, 0.25) is 5.91 Å². The summed E-state index contributed by atoms with van der Waals surface area (Å²) in [6, 6.07) is 10.3. The predicted octanol–water partition coefficient (Wildman–Crippen LogP) is 3.47. The molecular formula is C18H26N2O. The summed E-state index contributed by atoms with van der Waals surface area (Å²) in [4.78, 5) is 14.9. The highest BCUT2D eigenvalue weighted by molar-refractivity contribution is 5.86. The van der Waals surface area contributed by atoms with Crippen LogP contribution in [-0.2, 0) is 4.79 Å². The van der Waals surface area contributed by atoms with Gasteiger partial charge in [-0.25, -0.2) is 0 Å². The zero-order valence-corrected chi connectivity index (χ0v) is 13.3. The van der Waals surface area contributed by atoms with Gasteiger partial charge >= 0.3 is 0 Å². The van der Waals surface area contributed by atoms with Crippen LogP contribution in [-0.4, -0.2) is 23.0 Å². The Labute approximate surface area is 127 Å². The van der Waals surface area contributed by atoms with Crippen molar-refractivity contribution in [3.63, 3.8) is 0 Å². The van der Waals surface area contributed by atoms with Crippen molar-refractivity contribution < 1.29 is 4.79 Å². The number of carbonyl (C=O) groups excluding carboxylic acids is 1. The minimum Gasteiger partial charge on any atom is -0.323 e. The summed E-state index contributed by atoms with van der Waals surface area (Å²) in [5.41, 5.74) is 1.52. The SMILES string of the molecule is CC1NC(c2ccccc2)C(=O)N1C1CCC(C)(C)CC1. The summed E-state index contributed by atoms with van der Waals surface area (Å²) < 4.78 is 0. The van der Waals surface area contributed by atoms with Gasteiger partial charge < -0.3 is 4.90 Å². The summed E-state index contributed by atoms with van der Waals surface area (Å²) in [5.74, 6) is 0.249. The molecule has 2 fully saturated rings. The molecule has 1 amide bonds. The molecule has 2 aliphatic rings. The molecule has 114 valence electrons. The molecular weight excluding hydrogens is 260 g/mol. The van der Waals surface area contributed by atoms with E-state index in [2.05, 4.69) is 31.0 Å². The lowest BCUT2D eigenvalue weighted by Gasteiger charge is -2.40. The van der Waals surface area contributed by atoms with E-state index in [1.54, 1.807) is 0 Å². The van der Waals surface area contributed by atoms with Crippen molar-refractivity contribution in [2.24, 2.45) is 5.41 Å². The van der Waals surface area contributed by atoms with Crippen LogP contribution in [0.2, 0.25) is 0 Å². The van der Waals surface area contributed by atoms with Crippen molar-refractivity contribution in [2.75, 3.05) is 0 Å². The van der Waals surface area contributed by atoms with Crippen LogP contribution < -0.4 is 5.32 Å². The van der Waals surface area contributed by atoms with Crippen molar-refractivity contribution in [1.29, 1.82) is 0 Å². The van der Waals surface area contributed by atoms with Gasteiger partial charge in [-0.3, -0.25) is 10.1 Å². The fourth-order valence-electron chi connectivity index (χ4n) is 3.78. The van der Waals surface area contributed by atoms with Crippen LogP contribution in [0.25, 0.3) is 0 Å². The molecule has 0 bridgehead atoms. The first-order valence-electron chi connectivity index (χ1n) is 8.11. The van der Waals surface area contributed by atoms with E-state index in [4.69, 9.17) is 0 Å². The molecule has 1 aliphatic carbocycles. The lowest BCUT2D eigenvalue weighted by Crippen LogP contribution is -2.45. The number of hydrogen-bond donors (Lipinski definition) is 1. The summed E-state index contributed by atoms with van der Waals surface area (Å²) in [5, 5.41) is 3.46. The van der Waals surface area contributed by atoms with Gasteiger partial charge in [-0.2, -0.15) is 0 Å². The van der Waals surface area contributed by atoms with Crippen molar-refractivity contribution >= 4 is 5.91 Å². The van der Waals surface area contributed by atoms with Gasteiger partial charge in [0.25, 0.3) is 0 Å². The van der Waals surface area contributed by atoms with Crippen LogP contribution in [0.5, 0.6) is 0 Å². The van der Waals surface area contributed by atoms with E-state index >= 15 is 0 Å². The van der Waals surface area contributed by atoms with Crippen molar-refractivity contribution in [1.82, 2.24) is 10.2 Å². The summed E-state index contributed by atoms with van der Waals surface area (Å²) in [7, 11) is 0. The number of nitrogens with one attached hydrogen (secondary N) is 1. The highest BCUT2D eigenvalue weighted by Gasteiger charge is 2.42. The van der Waals surface area contributed by atoms with Gasteiger partial charge in [0.15, 0.2) is 0 Å². The van der Waals surface area contributed by atoms with E-state index in [0.29, 0.717) is 11.5 Å². The molecule has 1 N–H and O–H groups in total. The molecule has 0 spiro atoms. The van der Waals surface area contributed by atoms with Gasteiger partial charge in [-0.15, -0.1) is 0 Å². The third-order valence-corrected chi connectivity index (χ3v) is 5.16. The smallest absolute Gasteiger partial charge is 0.245 e. The first-order valence-corrected chi connectivity index (χ1v) is 8.11. The molecule has 2 atom stereocenters. The standard InChI is InChI=1S/C18H26N2O/c1-13-19-16(14-7-5-4-6-8-14)17(21)20(13)15-9-11-18(2,3)12-10-15/h4-8,13,15-16,19H,9-12H2,1-3H3. The van der Waals surface area contributed by atoms with Crippen LogP contribution in [0.3, 0.4) is 0 Å². The van der Waals surface area contributed by atoms with E-state index in [1.165, 1.54) is 12.8 Å². The largest absolute Gasteiger partial charge is 0.323 e. The summed E-state index contributed by atoms with van der Waals surface area (Å²) >= 11 is 0. The average molecular weight is 286 g/mol. The van der Waals surface area contributed by atoms with Crippen LogP contribution in [0.1, 0.15) is 58.1 Å². The topological polar surface area (TPSA) is 32.3 Å². The number of amides is 1. The molecule has 3 heteroatoms. The van der Waals surface area contributed by atoms with Crippen molar-refractivity contribution in [2.45, 2.75) is 64.7 Å². The van der Waals surface area contributed by atoms with E-state index in [1.807, 2.05) is 30.3 Å². The molecule has 3 rings (SSSR count). The quantitative estimate of drug-likeness (QED) is 0.903. The predicted molar refractivity (Wildman–Crippen MR) is 84.7 cm³/mol. The maximum atomic E-state index is 12.8. The van der Waals surface area contributed by atoms with E-state index in [-0.39, 0.29) is 18.1 Å². The summed E-state index contributed by atoms with van der Waals surface area (Å²) in [6.07, 6.45) is 4.82. The first kappa shape index (κ1) is 14.6. The van der Waals surface area contributed by atoms with Crippen LogP contribution in [0, 0.1) is 5.41 Å². The Morgan fingerprint density at radius 3 is 2.38 bits per heavy atom. The molecule has 1 heterocycles. The Bertz CT molecular complexity index is 501. The Balaban J connectivity index is 1.74. The van der Waals surface area contributed by atoms with Gasteiger partial charge in [-0.05, 0) is 43.6 Å². The minimum atomic E-state index is -0.170. The first-order chi connectivity index (χ1) is 9.98. The third-order valence-electron chi connectivity index (χ3n) is 5.16. The molecule has 0 aromatic heterocycles. The maximum Gasteiger partial charge on any atom is 0.245 e. The lowest BCUT2D eigenvalue weighted by molar-refractivity contribution is -0.133. The van der Waals surface area contributed by atoms with E-state index in [0.717, 1.165) is 18.4 Å². The van der Waals surface area contributed by atoms with Crippen LogP contribution >= 0.6 is 0 Å². The normalized spacial score (nSPS) is 29.9. The molecule has 0 radical (unpaired) electrons. The van der Waals surface area contributed by atoms with Crippen LogP contribution in [0.4, 0.5) is 0 Å². The molecule has 3 nitrogen and oxygen atoms in total. The number of benzene rings is 1. The van der Waals surface area contributed by atoms with Crippen molar-refractivity contribution in [3.05, 3.63) is 35.9 Å². The number of rotatable bonds is 2. The van der Waals surface area contributed by atoms with Gasteiger partial charge in [0.05, 0.1) is 6.17 Å². The average Bonchev–Trinajstić information content (AvgIpc) is 2.76. The molecule has 21 heavy (non-hydrogen) atoms. The fraction of sp³-hybridized carbons (Fsp3) is 0.611. The zero-order chi connectivity index (χ0) is 15.0. The Morgan fingerprint density at radius 1 is 1.14 bits per heavy atom. The second kappa shape index (κ2) is 5.45. The van der Waals surface area contributed by atoms with E-state index in [9.17, 15) is 4.79 Å². The highest BCUT2D eigenvalue weighted by atomic mass is 16.2. The lowest BCUT2D eigenvalue weighted by atomic mass is 9.75. The molecule has 1 aliphatic heterocycles. The number of carbonyl (C=O) groups is 1. The summed E-state index contributed by atoms with van der Waals surface area (Å²) in [6.45, 7) is 6.79.